The number of benzene rings is 2. The molecular formula is C18H21ClN2O4. The van der Waals surface area contributed by atoms with E-state index in [-0.39, 0.29) is 5.75 Å². The van der Waals surface area contributed by atoms with Crippen molar-refractivity contribution in [2.24, 2.45) is 0 Å². The van der Waals surface area contributed by atoms with E-state index in [0.717, 1.165) is 11.3 Å². The first kappa shape index (κ1) is 18.9. The first-order valence-electron chi connectivity index (χ1n) is 7.89. The van der Waals surface area contributed by atoms with Crippen molar-refractivity contribution in [3.63, 3.8) is 0 Å². The molecular weight excluding hydrogens is 344 g/mol. The predicted molar refractivity (Wildman–Crippen MR) is 97.3 cm³/mol. The van der Waals surface area contributed by atoms with Gasteiger partial charge in [0.15, 0.2) is 17.6 Å². The lowest BCUT2D eigenvalue weighted by Crippen LogP contribution is -2.23. The summed E-state index contributed by atoms with van der Waals surface area (Å²) < 4.78 is 11.0. The molecule has 134 valence electrons. The number of anilines is 1. The van der Waals surface area contributed by atoms with Crippen LogP contribution < -0.4 is 20.3 Å². The minimum absolute atomic E-state index is 0.234. The fourth-order valence-corrected chi connectivity index (χ4v) is 2.38. The Kier molecular flexibility index (Phi) is 6.91. The van der Waals surface area contributed by atoms with Crippen LogP contribution in [-0.2, 0) is 11.3 Å². The van der Waals surface area contributed by atoms with E-state index in [9.17, 15) is 4.79 Å². The van der Waals surface area contributed by atoms with Gasteiger partial charge in [0.25, 0.3) is 0 Å². The van der Waals surface area contributed by atoms with Crippen LogP contribution in [0.15, 0.2) is 42.5 Å². The lowest BCUT2D eigenvalue weighted by Gasteiger charge is -2.17. The van der Waals surface area contributed by atoms with Crippen LogP contribution >= 0.6 is 11.6 Å². The summed E-state index contributed by atoms with van der Waals surface area (Å²) >= 11 is 6.27. The van der Waals surface area contributed by atoms with Crippen LogP contribution in [0.1, 0.15) is 19.4 Å². The van der Waals surface area contributed by atoms with Gasteiger partial charge in [-0.05, 0) is 43.7 Å². The fraction of sp³-hybridized carbons (Fsp3) is 0.278. The Hall–Kier alpha value is -2.44. The first-order chi connectivity index (χ1) is 12.0. The summed E-state index contributed by atoms with van der Waals surface area (Å²) in [6.07, 6.45) is -1.03. The fourth-order valence-electron chi connectivity index (χ4n) is 2.10. The van der Waals surface area contributed by atoms with E-state index in [4.69, 9.17) is 26.2 Å². The maximum Gasteiger partial charge on any atom is 0.344 e. The number of rotatable bonds is 9. The first-order valence-corrected chi connectivity index (χ1v) is 8.27. The van der Waals surface area contributed by atoms with Crippen LogP contribution in [-0.4, -0.2) is 23.8 Å². The third-order valence-corrected chi connectivity index (χ3v) is 3.59. The Morgan fingerprint density at radius 2 is 2.00 bits per heavy atom. The number of ether oxygens (including phenoxy) is 2. The zero-order valence-electron chi connectivity index (χ0n) is 14.1. The summed E-state index contributed by atoms with van der Waals surface area (Å²) in [6.45, 7) is 4.17. The van der Waals surface area contributed by atoms with Crippen molar-refractivity contribution in [1.82, 2.24) is 5.43 Å². The quantitative estimate of drug-likeness (QED) is 0.589. The molecule has 0 radical (unpaired) electrons. The van der Waals surface area contributed by atoms with E-state index in [2.05, 4.69) is 10.9 Å². The van der Waals surface area contributed by atoms with Crippen molar-refractivity contribution in [3.05, 3.63) is 53.1 Å². The van der Waals surface area contributed by atoms with E-state index in [1.807, 2.05) is 37.3 Å². The summed E-state index contributed by atoms with van der Waals surface area (Å²) in [5.41, 5.74) is 7.98. The van der Waals surface area contributed by atoms with Gasteiger partial charge in [-0.15, -0.1) is 0 Å². The van der Waals surface area contributed by atoms with Gasteiger partial charge in [0.05, 0.1) is 11.6 Å². The van der Waals surface area contributed by atoms with E-state index in [1.165, 1.54) is 6.92 Å². The summed E-state index contributed by atoms with van der Waals surface area (Å²) in [6, 6.07) is 13.2. The van der Waals surface area contributed by atoms with Gasteiger partial charge < -0.3 is 20.0 Å². The zero-order chi connectivity index (χ0) is 18.2. The molecule has 3 N–H and O–H groups in total. The third kappa shape index (κ3) is 5.55. The van der Waals surface area contributed by atoms with Gasteiger partial charge >= 0.3 is 5.97 Å². The molecule has 1 unspecified atom stereocenters. The summed E-state index contributed by atoms with van der Waals surface area (Å²) in [4.78, 5) is 11.0. The molecule has 7 heteroatoms. The minimum Gasteiger partial charge on any atom is -0.490 e. The Morgan fingerprint density at radius 1 is 1.28 bits per heavy atom. The van der Waals surface area contributed by atoms with Crippen molar-refractivity contribution in [3.8, 4) is 11.5 Å². The van der Waals surface area contributed by atoms with Crippen LogP contribution in [0.3, 0.4) is 0 Å². The van der Waals surface area contributed by atoms with E-state index in [1.54, 1.807) is 12.1 Å². The van der Waals surface area contributed by atoms with Crippen LogP contribution in [0.5, 0.6) is 11.5 Å². The Morgan fingerprint density at radius 3 is 2.64 bits per heavy atom. The molecule has 0 aliphatic carbocycles. The smallest absolute Gasteiger partial charge is 0.344 e. The van der Waals surface area contributed by atoms with Gasteiger partial charge in [0.2, 0.25) is 0 Å². The molecule has 0 bridgehead atoms. The minimum atomic E-state index is -1.07. The molecule has 2 aromatic carbocycles. The molecule has 0 aliphatic heterocycles. The molecule has 0 spiro atoms. The Labute approximate surface area is 151 Å². The van der Waals surface area contributed by atoms with Crippen molar-refractivity contribution >= 4 is 23.3 Å². The second-order valence-electron chi connectivity index (χ2n) is 5.28. The number of hydrogen-bond acceptors (Lipinski definition) is 5. The highest BCUT2D eigenvalue weighted by Crippen LogP contribution is 2.37. The summed E-state index contributed by atoms with van der Waals surface area (Å²) in [5.74, 6) is -0.422. The van der Waals surface area contributed by atoms with Gasteiger partial charge in [-0.2, -0.15) is 0 Å². The summed E-state index contributed by atoms with van der Waals surface area (Å²) in [5, 5.41) is 9.31. The van der Waals surface area contributed by atoms with Crippen LogP contribution in [0, 0.1) is 0 Å². The second-order valence-corrected chi connectivity index (χ2v) is 5.69. The topological polar surface area (TPSA) is 79.8 Å². The molecule has 0 amide bonds. The van der Waals surface area contributed by atoms with Crippen LogP contribution in [0.2, 0.25) is 5.02 Å². The zero-order valence-corrected chi connectivity index (χ0v) is 14.8. The number of nitrogens with one attached hydrogen (secondary N) is 2. The highest BCUT2D eigenvalue weighted by Gasteiger charge is 2.19. The van der Waals surface area contributed by atoms with Gasteiger partial charge in [-0.3, -0.25) is 0 Å². The van der Waals surface area contributed by atoms with Crippen molar-refractivity contribution in [1.29, 1.82) is 0 Å². The molecule has 25 heavy (non-hydrogen) atoms. The average Bonchev–Trinajstić information content (AvgIpc) is 2.59. The van der Waals surface area contributed by atoms with Crippen molar-refractivity contribution < 1.29 is 19.4 Å². The van der Waals surface area contributed by atoms with Gasteiger partial charge in [-0.1, -0.05) is 29.8 Å². The van der Waals surface area contributed by atoms with E-state index in [0.29, 0.717) is 23.9 Å². The third-order valence-electron chi connectivity index (χ3n) is 3.31. The van der Waals surface area contributed by atoms with Crippen molar-refractivity contribution in [2.75, 3.05) is 12.0 Å². The lowest BCUT2D eigenvalue weighted by atomic mass is 10.2. The average molecular weight is 365 g/mol. The molecule has 6 nitrogen and oxygen atoms in total. The molecule has 0 saturated heterocycles. The van der Waals surface area contributed by atoms with E-state index < -0.39 is 12.1 Å². The monoisotopic (exact) mass is 364 g/mol. The van der Waals surface area contributed by atoms with Gasteiger partial charge in [-0.25, -0.2) is 10.2 Å². The molecule has 0 saturated carbocycles. The molecule has 0 heterocycles. The highest BCUT2D eigenvalue weighted by molar-refractivity contribution is 6.32. The molecule has 0 fully saturated rings. The van der Waals surface area contributed by atoms with Gasteiger partial charge in [0.1, 0.15) is 0 Å². The largest absolute Gasteiger partial charge is 0.490 e. The normalized spacial score (nSPS) is 11.6. The number of carboxylic acid groups (broad SMARTS) is 1. The number of hydrazine groups is 1. The molecule has 2 rings (SSSR count). The number of aliphatic carboxylic acids is 1. The maximum absolute atomic E-state index is 11.0. The predicted octanol–water partition coefficient (Wildman–Crippen LogP) is 3.71. The highest BCUT2D eigenvalue weighted by atomic mass is 35.5. The SMILES string of the molecule is CCOc1cc(CNNc2ccccc2)cc(Cl)c1OC(C)C(=O)O. The number of carbonyl (C=O) groups is 1. The Bertz CT molecular complexity index is 710. The molecule has 0 aromatic heterocycles. The number of para-hydroxylation sites is 1. The molecule has 1 atom stereocenters. The van der Waals surface area contributed by atoms with Crippen molar-refractivity contribution in [2.45, 2.75) is 26.5 Å². The molecule has 2 aromatic rings. The Balaban J connectivity index is 2.10. The molecule has 0 aliphatic rings. The maximum atomic E-state index is 11.0. The number of halogens is 1. The number of carboxylic acids is 1. The van der Waals surface area contributed by atoms with Crippen LogP contribution in [0.4, 0.5) is 5.69 Å². The van der Waals surface area contributed by atoms with E-state index >= 15 is 0 Å². The lowest BCUT2D eigenvalue weighted by molar-refractivity contribution is -0.144. The van der Waals surface area contributed by atoms with Crippen LogP contribution in [0.25, 0.3) is 0 Å². The summed E-state index contributed by atoms with van der Waals surface area (Å²) in [7, 11) is 0. The standard InChI is InChI=1S/C18H21ClN2O4/c1-3-24-16-10-13(11-20-21-14-7-5-4-6-8-14)9-15(19)17(16)25-12(2)18(22)23/h4-10,12,20-21H,3,11H2,1-2H3,(H,22,23). The second kappa shape index (κ2) is 9.15. The number of hydrogen-bond donors (Lipinski definition) is 3. The van der Waals surface area contributed by atoms with Gasteiger partial charge in [0, 0.05) is 12.2 Å².